The van der Waals surface area contributed by atoms with E-state index in [4.69, 9.17) is 21.7 Å². The number of rotatable bonds is 14. The van der Waals surface area contributed by atoms with Crippen molar-refractivity contribution in [3.63, 3.8) is 0 Å². The summed E-state index contributed by atoms with van der Waals surface area (Å²) in [6.45, 7) is -0.189. The number of carbonyl (C=O) groups excluding carboxylic acids is 3. The predicted molar refractivity (Wildman–Crippen MR) is 109 cm³/mol. The topological polar surface area (TPSA) is 197 Å². The van der Waals surface area contributed by atoms with Gasteiger partial charge in [0.2, 0.25) is 17.7 Å². The van der Waals surface area contributed by atoms with Gasteiger partial charge in [-0.15, -0.1) is 0 Å². The van der Waals surface area contributed by atoms with Crippen LogP contribution in [-0.4, -0.2) is 82.7 Å². The van der Waals surface area contributed by atoms with Gasteiger partial charge in [0, 0.05) is 11.5 Å². The molecule has 4 atom stereocenters. The number of nitrogens with one attached hydrogen (secondary N) is 3. The minimum atomic E-state index is -1.27. The number of amides is 3. The van der Waals surface area contributed by atoms with E-state index in [9.17, 15) is 19.2 Å². The summed E-state index contributed by atoms with van der Waals surface area (Å²) in [5.41, 5.74) is 10.9. The van der Waals surface area contributed by atoms with Crippen LogP contribution in [0.4, 0.5) is 0 Å². The normalized spacial score (nSPS) is 15.0. The van der Waals surface area contributed by atoms with E-state index in [0.29, 0.717) is 19.4 Å². The Bertz CT molecular complexity index is 539. The highest BCUT2D eigenvalue weighted by Gasteiger charge is 2.29. The fraction of sp³-hybridized carbons (Fsp3) is 0.733. The average Bonchev–Trinajstić information content (AvgIpc) is 2.67. The second kappa shape index (κ2) is 14.5. The molecule has 9 N–H and O–H groups in total. The molecule has 0 radical (unpaired) electrons. The zero-order valence-electron chi connectivity index (χ0n) is 15.3. The molecule has 13 heteroatoms. The number of aliphatic hydroxyl groups is 1. The van der Waals surface area contributed by atoms with Crippen molar-refractivity contribution in [3.8, 4) is 0 Å². The first kappa shape index (κ1) is 26.5. The van der Waals surface area contributed by atoms with Crippen molar-refractivity contribution in [1.82, 2.24) is 16.0 Å². The van der Waals surface area contributed by atoms with Gasteiger partial charge in [-0.3, -0.25) is 14.4 Å². The Balaban J connectivity index is 5.08. The summed E-state index contributed by atoms with van der Waals surface area (Å²) in [5.74, 6) is -3.63. The maximum Gasteiger partial charge on any atom is 0.327 e. The Morgan fingerprint density at radius 1 is 0.857 bits per heavy atom. The van der Waals surface area contributed by atoms with Crippen molar-refractivity contribution >= 4 is 48.9 Å². The number of aliphatic hydroxyl groups excluding tert-OH is 1. The summed E-state index contributed by atoms with van der Waals surface area (Å²) >= 11 is 7.86. The van der Waals surface area contributed by atoms with Gasteiger partial charge in [-0.2, -0.15) is 25.3 Å². The highest BCUT2D eigenvalue weighted by Crippen LogP contribution is 2.03. The van der Waals surface area contributed by atoms with E-state index in [1.807, 2.05) is 0 Å². The van der Waals surface area contributed by atoms with E-state index in [1.54, 1.807) is 0 Å². The number of carboxylic acids is 1. The summed E-state index contributed by atoms with van der Waals surface area (Å²) in [6, 6.07) is -4.55. The van der Waals surface area contributed by atoms with E-state index in [2.05, 4.69) is 41.2 Å². The molecule has 0 aromatic heterocycles. The van der Waals surface area contributed by atoms with Crippen LogP contribution in [0.5, 0.6) is 0 Å². The zero-order chi connectivity index (χ0) is 21.7. The second-order valence-electron chi connectivity index (χ2n) is 5.96. The molecule has 0 aromatic rings. The van der Waals surface area contributed by atoms with Crippen molar-refractivity contribution in [2.75, 3.05) is 24.7 Å². The van der Waals surface area contributed by atoms with Crippen molar-refractivity contribution < 1.29 is 29.4 Å². The Kier molecular flexibility index (Phi) is 13.7. The molecule has 0 saturated carbocycles. The highest BCUT2D eigenvalue weighted by molar-refractivity contribution is 7.80. The zero-order valence-corrected chi connectivity index (χ0v) is 17.1. The molecule has 0 aliphatic rings. The molecule has 4 unspecified atom stereocenters. The first-order valence-corrected chi connectivity index (χ1v) is 9.90. The lowest BCUT2D eigenvalue weighted by atomic mass is 10.1. The van der Waals surface area contributed by atoms with Gasteiger partial charge in [0.05, 0.1) is 6.61 Å². The molecular formula is C15H29N5O6S2. The van der Waals surface area contributed by atoms with Crippen molar-refractivity contribution in [2.24, 2.45) is 11.5 Å². The van der Waals surface area contributed by atoms with Crippen LogP contribution in [0.2, 0.25) is 0 Å². The molecule has 0 saturated heterocycles. The summed E-state index contributed by atoms with van der Waals surface area (Å²) < 4.78 is 0. The van der Waals surface area contributed by atoms with Crippen LogP contribution < -0.4 is 27.4 Å². The summed E-state index contributed by atoms with van der Waals surface area (Å²) in [4.78, 5) is 47.7. The molecule has 0 aliphatic heterocycles. The number of nitrogens with two attached hydrogens (primary N) is 2. The Morgan fingerprint density at radius 3 is 1.82 bits per heavy atom. The number of thiol groups is 2. The van der Waals surface area contributed by atoms with E-state index in [-0.39, 0.29) is 17.9 Å². The fourth-order valence-electron chi connectivity index (χ4n) is 2.05. The lowest BCUT2D eigenvalue weighted by molar-refractivity contribution is -0.141. The maximum absolute atomic E-state index is 12.5. The van der Waals surface area contributed by atoms with Gasteiger partial charge >= 0.3 is 5.97 Å². The molecule has 0 spiro atoms. The van der Waals surface area contributed by atoms with Crippen molar-refractivity contribution in [2.45, 2.75) is 43.4 Å². The number of carboxylic acid groups (broad SMARTS) is 1. The van der Waals surface area contributed by atoms with E-state index in [1.165, 1.54) is 0 Å². The van der Waals surface area contributed by atoms with Gasteiger partial charge in [0.25, 0.3) is 0 Å². The summed E-state index contributed by atoms with van der Waals surface area (Å²) in [7, 11) is 0. The minimum Gasteiger partial charge on any atom is -0.480 e. The first-order valence-electron chi connectivity index (χ1n) is 8.63. The minimum absolute atomic E-state index is 0.101. The van der Waals surface area contributed by atoms with Gasteiger partial charge in [-0.25, -0.2) is 4.79 Å². The number of unbranched alkanes of at least 4 members (excludes halogenated alkanes) is 1. The van der Waals surface area contributed by atoms with Crippen LogP contribution in [0.25, 0.3) is 0 Å². The van der Waals surface area contributed by atoms with Crippen LogP contribution in [0.15, 0.2) is 0 Å². The molecule has 162 valence electrons. The molecule has 3 amide bonds. The third kappa shape index (κ3) is 9.59. The number of hydrogen-bond acceptors (Lipinski definition) is 9. The van der Waals surface area contributed by atoms with Gasteiger partial charge in [-0.05, 0) is 25.8 Å². The van der Waals surface area contributed by atoms with Crippen molar-refractivity contribution in [1.29, 1.82) is 0 Å². The Labute approximate surface area is 174 Å². The molecule has 11 nitrogen and oxygen atoms in total. The number of hydrogen-bond donors (Lipinski definition) is 9. The number of aliphatic carboxylic acids is 1. The van der Waals surface area contributed by atoms with Crippen LogP contribution in [-0.2, 0) is 19.2 Å². The Morgan fingerprint density at radius 2 is 1.36 bits per heavy atom. The maximum atomic E-state index is 12.5. The van der Waals surface area contributed by atoms with Crippen molar-refractivity contribution in [3.05, 3.63) is 0 Å². The predicted octanol–water partition coefficient (Wildman–Crippen LogP) is -3.17. The standard InChI is InChI=1S/C15H29N5O6S2/c16-4-2-1-3-9(18-12(22)8(17)5-21)13(23)19-10(6-27)14(24)20-11(7-28)15(25)26/h8-11,21,27-28H,1-7,16-17H2,(H,18,22)(H,19,23)(H,20,24)(H,25,26). The van der Waals surface area contributed by atoms with E-state index < -0.39 is 54.5 Å². The monoisotopic (exact) mass is 439 g/mol. The van der Waals surface area contributed by atoms with Crippen LogP contribution >= 0.6 is 25.3 Å². The lowest BCUT2D eigenvalue weighted by Crippen LogP contribution is -2.58. The largest absolute Gasteiger partial charge is 0.480 e. The smallest absolute Gasteiger partial charge is 0.327 e. The third-order valence-corrected chi connectivity index (χ3v) is 4.46. The molecule has 28 heavy (non-hydrogen) atoms. The quantitative estimate of drug-likeness (QED) is 0.0997. The molecule has 0 rings (SSSR count). The highest BCUT2D eigenvalue weighted by atomic mass is 32.1. The first-order chi connectivity index (χ1) is 13.2. The molecule has 0 aromatic carbocycles. The molecule has 0 aliphatic carbocycles. The Hall–Kier alpha value is -1.54. The van der Waals surface area contributed by atoms with E-state index >= 15 is 0 Å². The van der Waals surface area contributed by atoms with Crippen LogP contribution in [0.3, 0.4) is 0 Å². The summed E-state index contributed by atoms with van der Waals surface area (Å²) in [6.07, 6.45) is 1.38. The third-order valence-electron chi connectivity index (χ3n) is 3.73. The van der Waals surface area contributed by atoms with Crippen LogP contribution in [0, 0.1) is 0 Å². The average molecular weight is 440 g/mol. The van der Waals surface area contributed by atoms with Gasteiger partial charge < -0.3 is 37.6 Å². The lowest BCUT2D eigenvalue weighted by Gasteiger charge is -2.24. The SMILES string of the molecule is NCCCCC(NC(=O)C(N)CO)C(=O)NC(CS)C(=O)NC(CS)C(=O)O. The van der Waals surface area contributed by atoms with Gasteiger partial charge in [0.15, 0.2) is 0 Å². The molecule has 0 bridgehead atoms. The second-order valence-corrected chi connectivity index (χ2v) is 6.69. The fourth-order valence-corrected chi connectivity index (χ4v) is 2.55. The van der Waals surface area contributed by atoms with Gasteiger partial charge in [-0.1, -0.05) is 0 Å². The van der Waals surface area contributed by atoms with E-state index in [0.717, 1.165) is 0 Å². The number of carbonyl (C=O) groups is 4. The molecular weight excluding hydrogens is 410 g/mol. The summed E-state index contributed by atoms with van der Waals surface area (Å²) in [5, 5.41) is 25.0. The van der Waals surface area contributed by atoms with Crippen LogP contribution in [0.1, 0.15) is 19.3 Å². The van der Waals surface area contributed by atoms with Gasteiger partial charge in [0.1, 0.15) is 24.2 Å². The molecule has 0 heterocycles. The molecule has 0 fully saturated rings.